The predicted molar refractivity (Wildman–Crippen MR) is 112 cm³/mol. The Kier molecular flexibility index (Phi) is 4.74. The van der Waals surface area contributed by atoms with Gasteiger partial charge < -0.3 is 9.64 Å². The van der Waals surface area contributed by atoms with Gasteiger partial charge in [-0.15, -0.1) is 0 Å². The first-order valence-corrected chi connectivity index (χ1v) is 10.6. The third kappa shape index (κ3) is 3.18. The molecule has 0 radical (unpaired) electrons. The van der Waals surface area contributed by atoms with E-state index >= 15 is 0 Å². The molecule has 2 aromatic carbocycles. The van der Waals surface area contributed by atoms with E-state index in [9.17, 15) is 4.79 Å². The van der Waals surface area contributed by atoms with Crippen molar-refractivity contribution in [2.45, 2.75) is 37.8 Å². The number of halogens is 2. The van der Waals surface area contributed by atoms with Crippen LogP contribution in [-0.2, 0) is 11.2 Å². The van der Waals surface area contributed by atoms with Crippen molar-refractivity contribution < 1.29 is 9.53 Å². The summed E-state index contributed by atoms with van der Waals surface area (Å²) in [5, 5.41) is 1.37. The standard InChI is InChI=1S/C22H22Cl2N2O2/c23-14-11-18-17(19(24)12-14)13-20(25-8-2-9-25)22(18)28-16-6-4-15(5-7-16)26-10-1-3-21(26)27/h4-7,11-12,20,22H,1-3,8-10,13H2. The van der Waals surface area contributed by atoms with Crippen LogP contribution in [-0.4, -0.2) is 36.5 Å². The molecule has 2 heterocycles. The van der Waals surface area contributed by atoms with Crippen molar-refractivity contribution in [3.05, 3.63) is 57.6 Å². The zero-order chi connectivity index (χ0) is 19.3. The summed E-state index contributed by atoms with van der Waals surface area (Å²) < 4.78 is 6.46. The Hall–Kier alpha value is -1.75. The van der Waals surface area contributed by atoms with E-state index in [0.29, 0.717) is 11.4 Å². The van der Waals surface area contributed by atoms with Gasteiger partial charge in [0.15, 0.2) is 0 Å². The van der Waals surface area contributed by atoms with Gasteiger partial charge in [0.05, 0.1) is 6.04 Å². The first-order valence-electron chi connectivity index (χ1n) is 9.89. The van der Waals surface area contributed by atoms with Crippen LogP contribution in [0.2, 0.25) is 10.0 Å². The van der Waals surface area contributed by atoms with Gasteiger partial charge in [0.2, 0.25) is 5.91 Å². The SMILES string of the molecule is O=C1CCCN1c1ccc(OC2c3cc(Cl)cc(Cl)c3CC2N2CCC2)cc1. The number of hydrogen-bond acceptors (Lipinski definition) is 3. The lowest BCUT2D eigenvalue weighted by Gasteiger charge is -2.39. The Morgan fingerprint density at radius 2 is 1.79 bits per heavy atom. The molecular weight excluding hydrogens is 395 g/mol. The second kappa shape index (κ2) is 7.25. The van der Waals surface area contributed by atoms with Crippen LogP contribution in [0.15, 0.2) is 36.4 Å². The van der Waals surface area contributed by atoms with E-state index in [-0.39, 0.29) is 18.1 Å². The number of fused-ring (bicyclic) bond motifs is 1. The fourth-order valence-electron chi connectivity index (χ4n) is 4.52. The van der Waals surface area contributed by atoms with Gasteiger partial charge in [-0.2, -0.15) is 0 Å². The average Bonchev–Trinajstić information content (AvgIpc) is 3.20. The molecular formula is C22H22Cl2N2O2. The van der Waals surface area contributed by atoms with Crippen molar-refractivity contribution in [1.82, 2.24) is 4.90 Å². The van der Waals surface area contributed by atoms with Gasteiger partial charge in [0, 0.05) is 34.3 Å². The largest absolute Gasteiger partial charge is 0.484 e. The first kappa shape index (κ1) is 18.3. The van der Waals surface area contributed by atoms with Crippen molar-refractivity contribution in [2.24, 2.45) is 0 Å². The molecule has 2 aliphatic heterocycles. The van der Waals surface area contributed by atoms with Gasteiger partial charge in [-0.25, -0.2) is 0 Å². The van der Waals surface area contributed by atoms with Crippen molar-refractivity contribution >= 4 is 34.8 Å². The summed E-state index contributed by atoms with van der Waals surface area (Å²) in [7, 11) is 0. The normalized spacial score (nSPS) is 24.4. The average molecular weight is 417 g/mol. The highest BCUT2D eigenvalue weighted by molar-refractivity contribution is 6.35. The number of hydrogen-bond donors (Lipinski definition) is 0. The minimum Gasteiger partial charge on any atom is -0.484 e. The molecule has 3 aliphatic rings. The van der Waals surface area contributed by atoms with Crippen LogP contribution in [0, 0.1) is 0 Å². The van der Waals surface area contributed by atoms with E-state index < -0.39 is 0 Å². The van der Waals surface area contributed by atoms with Crippen LogP contribution >= 0.6 is 23.2 Å². The minimum atomic E-state index is -0.0919. The van der Waals surface area contributed by atoms with E-state index in [4.69, 9.17) is 27.9 Å². The molecule has 2 atom stereocenters. The third-order valence-electron chi connectivity index (χ3n) is 6.11. The van der Waals surface area contributed by atoms with Crippen LogP contribution in [0.3, 0.4) is 0 Å². The van der Waals surface area contributed by atoms with Crippen molar-refractivity contribution in [3.8, 4) is 5.75 Å². The van der Waals surface area contributed by atoms with Crippen molar-refractivity contribution in [1.29, 1.82) is 0 Å². The van der Waals surface area contributed by atoms with Crippen LogP contribution in [0.4, 0.5) is 5.69 Å². The van der Waals surface area contributed by atoms with Gasteiger partial charge in [-0.1, -0.05) is 23.2 Å². The molecule has 2 saturated heterocycles. The molecule has 2 aromatic rings. The summed E-state index contributed by atoms with van der Waals surface area (Å²) in [5.74, 6) is 0.996. The Bertz CT molecular complexity index is 911. The fraction of sp³-hybridized carbons (Fsp3) is 0.409. The van der Waals surface area contributed by atoms with Crippen LogP contribution < -0.4 is 9.64 Å². The summed E-state index contributed by atoms with van der Waals surface area (Å²) in [6.45, 7) is 2.99. The van der Waals surface area contributed by atoms with Gasteiger partial charge in [0.25, 0.3) is 0 Å². The fourth-order valence-corrected chi connectivity index (χ4v) is 5.11. The van der Waals surface area contributed by atoms with E-state index in [1.165, 1.54) is 6.42 Å². The molecule has 5 rings (SSSR count). The van der Waals surface area contributed by atoms with Crippen LogP contribution in [0.25, 0.3) is 0 Å². The zero-order valence-electron chi connectivity index (χ0n) is 15.5. The monoisotopic (exact) mass is 416 g/mol. The van der Waals surface area contributed by atoms with Crippen molar-refractivity contribution in [3.63, 3.8) is 0 Å². The molecule has 0 bridgehead atoms. The Morgan fingerprint density at radius 3 is 2.43 bits per heavy atom. The van der Waals surface area contributed by atoms with E-state index in [1.54, 1.807) is 0 Å². The minimum absolute atomic E-state index is 0.0919. The number of rotatable bonds is 4. The van der Waals surface area contributed by atoms with Crippen LogP contribution in [0.1, 0.15) is 36.5 Å². The molecule has 28 heavy (non-hydrogen) atoms. The number of carbonyl (C=O) groups is 1. The number of likely N-dealkylation sites (tertiary alicyclic amines) is 1. The predicted octanol–water partition coefficient (Wildman–Crippen LogP) is 4.87. The van der Waals surface area contributed by atoms with E-state index in [2.05, 4.69) is 4.90 Å². The lowest BCUT2D eigenvalue weighted by Crippen LogP contribution is -2.48. The maximum atomic E-state index is 12.0. The Labute approximate surface area is 175 Å². The molecule has 4 nitrogen and oxygen atoms in total. The van der Waals surface area contributed by atoms with Gasteiger partial charge in [-0.3, -0.25) is 9.69 Å². The summed E-state index contributed by atoms with van der Waals surface area (Å²) in [6.07, 6.45) is 3.58. The molecule has 0 aromatic heterocycles. The smallest absolute Gasteiger partial charge is 0.227 e. The highest BCUT2D eigenvalue weighted by Gasteiger charge is 2.41. The summed E-state index contributed by atoms with van der Waals surface area (Å²) >= 11 is 12.8. The molecule has 2 unspecified atom stereocenters. The topological polar surface area (TPSA) is 32.8 Å². The van der Waals surface area contributed by atoms with E-state index in [1.807, 2.05) is 41.3 Å². The molecule has 1 amide bonds. The maximum absolute atomic E-state index is 12.0. The Balaban J connectivity index is 1.42. The van der Waals surface area contributed by atoms with Gasteiger partial charge >= 0.3 is 0 Å². The summed E-state index contributed by atoms with van der Waals surface area (Å²) in [6, 6.07) is 11.9. The van der Waals surface area contributed by atoms with Gasteiger partial charge in [0.1, 0.15) is 11.9 Å². The lowest BCUT2D eigenvalue weighted by atomic mass is 10.1. The molecule has 146 valence electrons. The highest BCUT2D eigenvalue weighted by Crippen LogP contribution is 2.43. The first-order chi connectivity index (χ1) is 13.6. The number of anilines is 1. The number of benzene rings is 2. The number of nitrogens with zero attached hydrogens (tertiary/aromatic N) is 2. The zero-order valence-corrected chi connectivity index (χ0v) is 17.0. The second-order valence-corrected chi connectivity index (χ2v) is 8.64. The second-order valence-electron chi connectivity index (χ2n) is 7.80. The molecule has 0 N–H and O–H groups in total. The number of amides is 1. The highest BCUT2D eigenvalue weighted by atomic mass is 35.5. The molecule has 6 heteroatoms. The van der Waals surface area contributed by atoms with Gasteiger partial charge in [-0.05, 0) is 74.3 Å². The molecule has 1 aliphatic carbocycles. The number of carbonyl (C=O) groups excluding carboxylic acids is 1. The summed E-state index contributed by atoms with van der Waals surface area (Å²) in [5.41, 5.74) is 3.17. The van der Waals surface area contributed by atoms with E-state index in [0.717, 1.165) is 60.1 Å². The Morgan fingerprint density at radius 1 is 1.00 bits per heavy atom. The summed E-state index contributed by atoms with van der Waals surface area (Å²) in [4.78, 5) is 16.3. The lowest BCUT2D eigenvalue weighted by molar-refractivity contribution is -0.117. The third-order valence-corrected chi connectivity index (χ3v) is 6.66. The molecule has 0 spiro atoms. The molecule has 2 fully saturated rings. The van der Waals surface area contributed by atoms with Crippen LogP contribution in [0.5, 0.6) is 5.75 Å². The quantitative estimate of drug-likeness (QED) is 0.712. The van der Waals surface area contributed by atoms with Crippen molar-refractivity contribution in [2.75, 3.05) is 24.5 Å². The maximum Gasteiger partial charge on any atom is 0.227 e. The molecule has 0 saturated carbocycles. The number of ether oxygens (including phenoxy) is 1.